The Kier molecular flexibility index (Phi) is 4.07. The number of nitrogens with two attached hydrogens (primary N) is 1. The molecule has 2 atom stereocenters. The van der Waals surface area contributed by atoms with E-state index in [1.165, 1.54) is 19.2 Å². The van der Waals surface area contributed by atoms with Crippen LogP contribution in [-0.4, -0.2) is 44.2 Å². The lowest BCUT2D eigenvalue weighted by molar-refractivity contribution is 0.136. The molecule has 0 bridgehead atoms. The second kappa shape index (κ2) is 5.99. The fourth-order valence-corrected chi connectivity index (χ4v) is 3.19. The van der Waals surface area contributed by atoms with Crippen LogP contribution >= 0.6 is 0 Å². The summed E-state index contributed by atoms with van der Waals surface area (Å²) in [6.45, 7) is 4.67. The maximum absolute atomic E-state index is 10.2. The van der Waals surface area contributed by atoms with Crippen LogP contribution in [0.25, 0.3) is 11.0 Å². The number of fused-ring (bicyclic) bond motifs is 1. The first-order chi connectivity index (χ1) is 10.2. The van der Waals surface area contributed by atoms with Gasteiger partial charge in [0.1, 0.15) is 11.8 Å². The van der Waals surface area contributed by atoms with Crippen LogP contribution in [0.2, 0.25) is 0 Å². The van der Waals surface area contributed by atoms with Crippen molar-refractivity contribution in [3.05, 3.63) is 18.1 Å². The van der Waals surface area contributed by atoms with E-state index in [0.717, 1.165) is 42.7 Å². The summed E-state index contributed by atoms with van der Waals surface area (Å²) in [6.07, 6.45) is 6.71. The number of unbranched alkanes of at least 4 members (excludes halogenated alkanes) is 1. The van der Waals surface area contributed by atoms with E-state index in [4.69, 9.17) is 5.73 Å². The molecule has 0 radical (unpaired) electrons. The van der Waals surface area contributed by atoms with Gasteiger partial charge in [-0.25, -0.2) is 9.97 Å². The molecule has 3 heterocycles. The number of nitrogen functional groups attached to an aromatic ring is 1. The summed E-state index contributed by atoms with van der Waals surface area (Å²) >= 11 is 0. The van der Waals surface area contributed by atoms with Crippen molar-refractivity contribution in [3.63, 3.8) is 0 Å². The molecule has 4 N–H and O–H groups in total. The van der Waals surface area contributed by atoms with Gasteiger partial charge in [-0.2, -0.15) is 0 Å². The number of aliphatic hydroxyl groups excluding tert-OH is 1. The number of hydrogen-bond acceptors (Lipinski definition) is 5. The van der Waals surface area contributed by atoms with E-state index in [1.807, 2.05) is 6.20 Å². The van der Waals surface area contributed by atoms with Gasteiger partial charge >= 0.3 is 0 Å². The Morgan fingerprint density at radius 1 is 1.43 bits per heavy atom. The fourth-order valence-electron chi connectivity index (χ4n) is 3.19. The van der Waals surface area contributed by atoms with Crippen LogP contribution in [-0.2, 0) is 6.54 Å². The predicted octanol–water partition coefficient (Wildman–Crippen LogP) is 1.52. The third kappa shape index (κ3) is 2.87. The summed E-state index contributed by atoms with van der Waals surface area (Å²) in [7, 11) is 0. The van der Waals surface area contributed by atoms with Crippen LogP contribution in [0, 0.1) is 5.92 Å². The van der Waals surface area contributed by atoms with Crippen LogP contribution in [0.3, 0.4) is 0 Å². The zero-order valence-electron chi connectivity index (χ0n) is 12.4. The molecular weight excluding hydrogens is 266 g/mol. The molecule has 1 saturated heterocycles. The van der Waals surface area contributed by atoms with E-state index in [1.54, 1.807) is 0 Å². The van der Waals surface area contributed by atoms with E-state index in [0.29, 0.717) is 11.7 Å². The monoisotopic (exact) mass is 289 g/mol. The molecule has 0 amide bonds. The molecule has 0 aromatic carbocycles. The molecule has 0 saturated carbocycles. The van der Waals surface area contributed by atoms with Gasteiger partial charge in [0.05, 0.1) is 11.6 Å². The summed E-state index contributed by atoms with van der Waals surface area (Å²) in [5, 5.41) is 10.2. The number of rotatable bonds is 5. The molecule has 1 aliphatic rings. The molecule has 6 heteroatoms. The lowest BCUT2D eigenvalue weighted by atomic mass is 9.99. The molecule has 6 nitrogen and oxygen atoms in total. The Labute approximate surface area is 124 Å². The van der Waals surface area contributed by atoms with Gasteiger partial charge < -0.3 is 15.8 Å². The van der Waals surface area contributed by atoms with Crippen molar-refractivity contribution in [3.8, 4) is 0 Å². The number of aromatic amines is 1. The van der Waals surface area contributed by atoms with Crippen LogP contribution < -0.4 is 5.73 Å². The Hall–Kier alpha value is -1.66. The molecule has 2 aromatic heterocycles. The molecular formula is C15H23N5O. The predicted molar refractivity (Wildman–Crippen MR) is 82.6 cm³/mol. The van der Waals surface area contributed by atoms with Crippen molar-refractivity contribution in [1.29, 1.82) is 0 Å². The fraction of sp³-hybridized carbons (Fsp3) is 0.600. The first-order valence-corrected chi connectivity index (χ1v) is 7.66. The number of β-amino-alcohol motifs (C(OH)–C–C–N with tert-alkyl or cyclic N) is 1. The minimum atomic E-state index is -0.207. The normalized spacial score (nSPS) is 23.1. The van der Waals surface area contributed by atoms with E-state index >= 15 is 0 Å². The van der Waals surface area contributed by atoms with Gasteiger partial charge in [-0.15, -0.1) is 0 Å². The smallest absolute Gasteiger partial charge is 0.151 e. The van der Waals surface area contributed by atoms with Gasteiger partial charge in [0, 0.05) is 31.4 Å². The Balaban J connectivity index is 1.70. The zero-order valence-corrected chi connectivity index (χ0v) is 12.4. The van der Waals surface area contributed by atoms with Gasteiger partial charge in [0.2, 0.25) is 0 Å². The zero-order chi connectivity index (χ0) is 14.8. The molecule has 2 aromatic rings. The second-order valence-electron chi connectivity index (χ2n) is 5.96. The highest BCUT2D eigenvalue weighted by molar-refractivity contribution is 5.86. The van der Waals surface area contributed by atoms with Crippen molar-refractivity contribution in [2.75, 3.05) is 18.8 Å². The summed E-state index contributed by atoms with van der Waals surface area (Å²) in [5.74, 6) is 0.878. The quantitative estimate of drug-likeness (QED) is 0.776. The summed E-state index contributed by atoms with van der Waals surface area (Å²) in [4.78, 5) is 13.8. The number of nitrogens with one attached hydrogen (secondary N) is 1. The highest BCUT2D eigenvalue weighted by atomic mass is 16.3. The van der Waals surface area contributed by atoms with E-state index in [-0.39, 0.29) is 6.10 Å². The Bertz CT molecular complexity index is 611. The average Bonchev–Trinajstić information content (AvgIpc) is 3.02. The minimum absolute atomic E-state index is 0.207. The van der Waals surface area contributed by atoms with Crippen molar-refractivity contribution < 1.29 is 5.11 Å². The molecule has 1 aliphatic heterocycles. The number of aromatic nitrogens is 3. The number of H-pyrrole nitrogens is 1. The van der Waals surface area contributed by atoms with Crippen molar-refractivity contribution in [2.24, 2.45) is 5.92 Å². The van der Waals surface area contributed by atoms with Crippen LogP contribution in [0.5, 0.6) is 0 Å². The van der Waals surface area contributed by atoms with Gasteiger partial charge in [-0.05, 0) is 12.3 Å². The number of aliphatic hydroxyl groups is 1. The van der Waals surface area contributed by atoms with Crippen LogP contribution in [0.1, 0.15) is 31.7 Å². The number of nitrogens with zero attached hydrogens (tertiary/aromatic N) is 3. The highest BCUT2D eigenvalue weighted by Gasteiger charge is 2.30. The van der Waals surface area contributed by atoms with Gasteiger partial charge in [0.15, 0.2) is 5.82 Å². The van der Waals surface area contributed by atoms with Gasteiger partial charge in [-0.3, -0.25) is 4.90 Å². The third-order valence-electron chi connectivity index (χ3n) is 4.38. The molecule has 0 spiro atoms. The first kappa shape index (κ1) is 14.3. The van der Waals surface area contributed by atoms with Crippen molar-refractivity contribution in [2.45, 2.75) is 38.8 Å². The summed E-state index contributed by atoms with van der Waals surface area (Å²) in [5.41, 5.74) is 8.64. The Morgan fingerprint density at radius 3 is 3.10 bits per heavy atom. The van der Waals surface area contributed by atoms with E-state index < -0.39 is 0 Å². The van der Waals surface area contributed by atoms with E-state index in [2.05, 4.69) is 26.8 Å². The van der Waals surface area contributed by atoms with Crippen LogP contribution in [0.4, 0.5) is 5.82 Å². The topological polar surface area (TPSA) is 91.1 Å². The number of anilines is 1. The summed E-state index contributed by atoms with van der Waals surface area (Å²) < 4.78 is 0. The first-order valence-electron chi connectivity index (χ1n) is 7.66. The lowest BCUT2D eigenvalue weighted by Crippen LogP contribution is -2.21. The molecule has 1 fully saturated rings. The lowest BCUT2D eigenvalue weighted by Gasteiger charge is -2.14. The number of likely N-dealkylation sites (tertiary alicyclic amines) is 1. The molecule has 3 rings (SSSR count). The summed E-state index contributed by atoms with van der Waals surface area (Å²) in [6, 6.07) is 0. The Morgan fingerprint density at radius 2 is 2.29 bits per heavy atom. The SMILES string of the molecule is CCCC[C@H]1CN(Cc2c[nH]c3c(N)ncnc23)C[C@@H]1O. The molecule has 0 unspecified atom stereocenters. The highest BCUT2D eigenvalue weighted by Crippen LogP contribution is 2.26. The van der Waals surface area contributed by atoms with E-state index in [9.17, 15) is 5.11 Å². The second-order valence-corrected chi connectivity index (χ2v) is 5.96. The van der Waals surface area contributed by atoms with Crippen LogP contribution in [0.15, 0.2) is 12.5 Å². The minimum Gasteiger partial charge on any atom is -0.391 e. The largest absolute Gasteiger partial charge is 0.391 e. The molecule has 21 heavy (non-hydrogen) atoms. The third-order valence-corrected chi connectivity index (χ3v) is 4.38. The maximum Gasteiger partial charge on any atom is 0.151 e. The average molecular weight is 289 g/mol. The molecule has 114 valence electrons. The molecule has 0 aliphatic carbocycles. The number of hydrogen-bond donors (Lipinski definition) is 3. The maximum atomic E-state index is 10.2. The van der Waals surface area contributed by atoms with Crippen molar-refractivity contribution in [1.82, 2.24) is 19.9 Å². The van der Waals surface area contributed by atoms with Crippen molar-refractivity contribution >= 4 is 16.9 Å². The van der Waals surface area contributed by atoms with Gasteiger partial charge in [-0.1, -0.05) is 19.8 Å². The standard InChI is InChI=1S/C15H23N5O/c1-2-3-4-10-6-20(8-12(10)21)7-11-5-17-14-13(11)18-9-19-15(14)16/h5,9-10,12,17,21H,2-4,6-8H2,1H3,(H2,16,18,19)/t10-,12-/m0/s1. The van der Waals surface area contributed by atoms with Gasteiger partial charge in [0.25, 0.3) is 0 Å².